The third-order valence-electron chi connectivity index (χ3n) is 1.22. The summed E-state index contributed by atoms with van der Waals surface area (Å²) >= 11 is 0. The smallest absolute Gasteiger partial charge is 0.299 e. The molecule has 1 rings (SSSR count). The molecule has 0 N–H and O–H groups in total. The zero-order valence-electron chi connectivity index (χ0n) is 6.57. The van der Waals surface area contributed by atoms with Crippen LogP contribution in [-0.2, 0) is 7.05 Å². The van der Waals surface area contributed by atoms with E-state index in [4.69, 9.17) is 4.74 Å². The maximum atomic E-state index is 10.7. The van der Waals surface area contributed by atoms with Gasteiger partial charge in [-0.15, -0.1) is 0 Å². The molecule has 1 aromatic heterocycles. The van der Waals surface area contributed by atoms with Crippen LogP contribution in [-0.4, -0.2) is 16.2 Å². The summed E-state index contributed by atoms with van der Waals surface area (Å²) in [5.74, 6) is 0. The summed E-state index contributed by atoms with van der Waals surface area (Å²) in [6.45, 7) is 2.36. The van der Waals surface area contributed by atoms with Gasteiger partial charge in [0, 0.05) is 19.3 Å². The minimum Gasteiger partial charge on any atom is -0.465 e. The first-order valence-corrected chi connectivity index (χ1v) is 3.40. The van der Waals surface area contributed by atoms with Gasteiger partial charge in [0.15, 0.2) is 0 Å². The Bertz CT molecular complexity index is 293. The summed E-state index contributed by atoms with van der Waals surface area (Å²) in [6, 6.07) is 1.75. The van der Waals surface area contributed by atoms with E-state index in [2.05, 4.69) is 4.98 Å². The predicted molar refractivity (Wildman–Crippen MR) is 40.6 cm³/mol. The van der Waals surface area contributed by atoms with Crippen molar-refractivity contribution >= 4 is 0 Å². The zero-order chi connectivity index (χ0) is 8.27. The average Bonchev–Trinajstić information content (AvgIpc) is 1.98. The zero-order valence-corrected chi connectivity index (χ0v) is 6.57. The summed E-state index contributed by atoms with van der Waals surface area (Å²) in [6.07, 6.45) is 1.63. The van der Waals surface area contributed by atoms with Crippen LogP contribution in [0.15, 0.2) is 17.1 Å². The van der Waals surface area contributed by atoms with Gasteiger partial charge >= 0.3 is 0 Å². The van der Waals surface area contributed by atoms with E-state index < -0.39 is 0 Å². The van der Waals surface area contributed by atoms with E-state index in [1.165, 1.54) is 6.07 Å². The lowest BCUT2D eigenvalue weighted by Gasteiger charge is -2.04. The Labute approximate surface area is 64.5 Å². The standard InChI is InChI=1S/C7H10N2O2/c1-3-11-7-8-6(10)4-5-9(7)2/h4-5H,3H2,1-2H3. The second kappa shape index (κ2) is 3.18. The molecule has 1 aromatic rings. The van der Waals surface area contributed by atoms with Crippen molar-refractivity contribution in [1.82, 2.24) is 9.55 Å². The molecule has 4 heteroatoms. The number of hydrogen-bond acceptors (Lipinski definition) is 3. The normalized spacial score (nSPS) is 9.64. The van der Waals surface area contributed by atoms with Crippen molar-refractivity contribution in [2.75, 3.05) is 6.61 Å². The number of nitrogens with zero attached hydrogens (tertiary/aromatic N) is 2. The number of aryl methyl sites for hydroxylation is 1. The second-order valence-electron chi connectivity index (χ2n) is 2.09. The molecule has 0 saturated heterocycles. The van der Waals surface area contributed by atoms with Crippen LogP contribution in [0.25, 0.3) is 0 Å². The van der Waals surface area contributed by atoms with Crippen LogP contribution in [0.2, 0.25) is 0 Å². The van der Waals surface area contributed by atoms with E-state index in [1.54, 1.807) is 17.8 Å². The molecular formula is C7H10N2O2. The van der Waals surface area contributed by atoms with Gasteiger partial charge in [0.25, 0.3) is 11.6 Å². The van der Waals surface area contributed by atoms with E-state index in [9.17, 15) is 4.79 Å². The Hall–Kier alpha value is -1.32. The highest BCUT2D eigenvalue weighted by atomic mass is 16.5. The van der Waals surface area contributed by atoms with Gasteiger partial charge in [0.1, 0.15) is 0 Å². The van der Waals surface area contributed by atoms with Crippen LogP contribution in [0.1, 0.15) is 6.92 Å². The molecule has 60 valence electrons. The fourth-order valence-electron chi connectivity index (χ4n) is 0.713. The molecule has 0 bridgehead atoms. The van der Waals surface area contributed by atoms with Gasteiger partial charge < -0.3 is 9.30 Å². The van der Waals surface area contributed by atoms with Crippen LogP contribution in [0.4, 0.5) is 0 Å². The van der Waals surface area contributed by atoms with E-state index in [0.717, 1.165) is 0 Å². The van der Waals surface area contributed by atoms with Gasteiger partial charge in [0.05, 0.1) is 6.61 Å². The second-order valence-corrected chi connectivity index (χ2v) is 2.09. The Morgan fingerprint density at radius 3 is 3.09 bits per heavy atom. The van der Waals surface area contributed by atoms with Gasteiger partial charge in [-0.1, -0.05) is 0 Å². The van der Waals surface area contributed by atoms with Crippen molar-refractivity contribution in [3.8, 4) is 6.01 Å². The maximum Gasteiger partial charge on any atom is 0.299 e. The molecule has 0 aliphatic carbocycles. The lowest BCUT2D eigenvalue weighted by molar-refractivity contribution is 0.296. The third kappa shape index (κ3) is 1.80. The number of hydrogen-bond donors (Lipinski definition) is 0. The van der Waals surface area contributed by atoms with Crippen molar-refractivity contribution in [3.05, 3.63) is 22.6 Å². The highest BCUT2D eigenvalue weighted by Crippen LogP contribution is 1.98. The molecule has 0 fully saturated rings. The van der Waals surface area contributed by atoms with Crippen LogP contribution >= 0.6 is 0 Å². The quantitative estimate of drug-likeness (QED) is 0.610. The van der Waals surface area contributed by atoms with Gasteiger partial charge in [-0.2, -0.15) is 4.98 Å². The van der Waals surface area contributed by atoms with E-state index in [-0.39, 0.29) is 5.56 Å². The molecule has 1 heterocycles. The molecule has 0 radical (unpaired) electrons. The van der Waals surface area contributed by atoms with Crippen molar-refractivity contribution in [2.24, 2.45) is 7.05 Å². The molecule has 0 amide bonds. The summed E-state index contributed by atoms with van der Waals surface area (Å²) in [7, 11) is 1.78. The van der Waals surface area contributed by atoms with E-state index in [1.807, 2.05) is 6.92 Å². The predicted octanol–water partition coefficient (Wildman–Crippen LogP) is 0.179. The van der Waals surface area contributed by atoms with Crippen LogP contribution in [0.5, 0.6) is 6.01 Å². The summed E-state index contributed by atoms with van der Waals surface area (Å²) in [5, 5.41) is 0. The topological polar surface area (TPSA) is 44.1 Å². The summed E-state index contributed by atoms with van der Waals surface area (Å²) < 4.78 is 6.73. The molecule has 11 heavy (non-hydrogen) atoms. The molecule has 0 aromatic carbocycles. The highest BCUT2D eigenvalue weighted by Gasteiger charge is 1.97. The van der Waals surface area contributed by atoms with Crippen LogP contribution in [0.3, 0.4) is 0 Å². The Balaban J connectivity index is 3.02. The van der Waals surface area contributed by atoms with Crippen molar-refractivity contribution in [2.45, 2.75) is 6.92 Å². The Kier molecular flexibility index (Phi) is 2.25. The molecule has 0 saturated carbocycles. The molecular weight excluding hydrogens is 144 g/mol. The minimum absolute atomic E-state index is 0.272. The number of ether oxygens (including phenoxy) is 1. The lowest BCUT2D eigenvalue weighted by Crippen LogP contribution is -2.12. The molecule has 4 nitrogen and oxygen atoms in total. The van der Waals surface area contributed by atoms with E-state index in [0.29, 0.717) is 12.6 Å². The van der Waals surface area contributed by atoms with Crippen molar-refractivity contribution in [1.29, 1.82) is 0 Å². The van der Waals surface area contributed by atoms with Crippen LogP contribution in [0, 0.1) is 0 Å². The van der Waals surface area contributed by atoms with Gasteiger partial charge in [-0.3, -0.25) is 4.79 Å². The monoisotopic (exact) mass is 154 g/mol. The summed E-state index contributed by atoms with van der Waals surface area (Å²) in [5.41, 5.74) is -0.272. The lowest BCUT2D eigenvalue weighted by atomic mass is 10.6. The van der Waals surface area contributed by atoms with Gasteiger partial charge in [-0.05, 0) is 6.92 Å². The first-order chi connectivity index (χ1) is 5.24. The number of rotatable bonds is 2. The fraction of sp³-hybridized carbons (Fsp3) is 0.429. The first-order valence-electron chi connectivity index (χ1n) is 3.40. The Morgan fingerprint density at radius 2 is 2.45 bits per heavy atom. The fourth-order valence-corrected chi connectivity index (χ4v) is 0.713. The molecule has 0 atom stereocenters. The largest absolute Gasteiger partial charge is 0.465 e. The van der Waals surface area contributed by atoms with Gasteiger partial charge in [-0.25, -0.2) is 0 Å². The Morgan fingerprint density at radius 1 is 1.73 bits per heavy atom. The molecule has 0 spiro atoms. The summed E-state index contributed by atoms with van der Waals surface area (Å²) in [4.78, 5) is 14.4. The van der Waals surface area contributed by atoms with Crippen molar-refractivity contribution in [3.63, 3.8) is 0 Å². The van der Waals surface area contributed by atoms with Crippen molar-refractivity contribution < 1.29 is 4.74 Å². The van der Waals surface area contributed by atoms with E-state index >= 15 is 0 Å². The maximum absolute atomic E-state index is 10.7. The third-order valence-corrected chi connectivity index (χ3v) is 1.22. The SMILES string of the molecule is CCOc1nc(=O)ccn1C. The average molecular weight is 154 g/mol. The molecule has 0 unspecified atom stereocenters. The van der Waals surface area contributed by atoms with Crippen LogP contribution < -0.4 is 10.3 Å². The number of aromatic nitrogens is 2. The molecule has 0 aliphatic heterocycles. The molecule has 0 aliphatic rings. The minimum atomic E-state index is -0.272. The van der Waals surface area contributed by atoms with Gasteiger partial charge in [0.2, 0.25) is 0 Å². The first kappa shape index (κ1) is 7.78. The highest BCUT2D eigenvalue weighted by molar-refractivity contribution is 4.97.